The van der Waals surface area contributed by atoms with Crippen molar-refractivity contribution >= 4 is 32.9 Å². The van der Waals surface area contributed by atoms with Crippen molar-refractivity contribution in [2.24, 2.45) is 0 Å². The fraction of sp³-hybridized carbons (Fsp3) is 0.273. The Bertz CT molecular complexity index is 1340. The highest BCUT2D eigenvalue weighted by atomic mass is 32.2. The summed E-state index contributed by atoms with van der Waals surface area (Å²) in [7, 11) is -4.33. The lowest BCUT2D eigenvalue weighted by Crippen LogP contribution is -2.30. The van der Waals surface area contributed by atoms with Crippen molar-refractivity contribution in [1.82, 2.24) is 10.2 Å². The minimum Gasteiger partial charge on any atom is -0.355 e. The Morgan fingerprint density at radius 3 is 2.00 bits per heavy atom. The van der Waals surface area contributed by atoms with E-state index in [1.807, 2.05) is 12.1 Å². The van der Waals surface area contributed by atoms with Gasteiger partial charge in [0.15, 0.2) is 5.82 Å². The van der Waals surface area contributed by atoms with Crippen LogP contribution in [0.4, 0.5) is 22.9 Å². The van der Waals surface area contributed by atoms with Gasteiger partial charge in [0.2, 0.25) is 0 Å². The normalized spacial score (nSPS) is 13.9. The summed E-state index contributed by atoms with van der Waals surface area (Å²) in [5.41, 5.74) is -0.0200. The zero-order valence-corrected chi connectivity index (χ0v) is 19.6. The fourth-order valence-corrected chi connectivity index (χ4v) is 4.99. The van der Waals surface area contributed by atoms with Gasteiger partial charge >= 0.3 is 0 Å². The predicted octanol–water partition coefficient (Wildman–Crippen LogP) is 4.06. The van der Waals surface area contributed by atoms with Gasteiger partial charge in [-0.05, 0) is 50.5 Å². The Morgan fingerprint density at radius 1 is 0.886 bits per heavy atom. The molecule has 0 amide bonds. The van der Waals surface area contributed by atoms with Gasteiger partial charge in [-0.25, -0.2) is 8.42 Å². The van der Waals surface area contributed by atoms with E-state index in [0.717, 1.165) is 43.9 Å². The molecule has 182 valence electrons. The van der Waals surface area contributed by atoms with Crippen molar-refractivity contribution in [3.8, 4) is 11.3 Å². The molecule has 1 aliphatic heterocycles. The number of hydrogen-bond donors (Lipinski definition) is 1. The van der Waals surface area contributed by atoms with Crippen molar-refractivity contribution in [2.45, 2.75) is 31.1 Å². The number of hydrogen-bond acceptors (Lipinski definition) is 9. The number of nitro benzene ring substituents is 2. The molecule has 13 heteroatoms. The molecule has 12 nitrogen and oxygen atoms in total. The Morgan fingerprint density at radius 2 is 1.49 bits per heavy atom. The van der Waals surface area contributed by atoms with Crippen LogP contribution in [0.1, 0.15) is 24.8 Å². The number of anilines is 2. The van der Waals surface area contributed by atoms with Crippen molar-refractivity contribution in [2.75, 3.05) is 22.7 Å². The molecule has 1 aliphatic rings. The average Bonchev–Trinajstić information content (AvgIpc) is 2.84. The maximum atomic E-state index is 12.8. The number of nitrogens with one attached hydrogen (secondary N) is 1. The van der Waals surface area contributed by atoms with Gasteiger partial charge in [0.25, 0.3) is 21.4 Å². The van der Waals surface area contributed by atoms with Crippen LogP contribution in [-0.4, -0.2) is 41.6 Å². The number of aromatic nitrogens is 2. The summed E-state index contributed by atoms with van der Waals surface area (Å²) in [6.07, 6.45) is 3.48. The molecule has 1 saturated heterocycles. The molecule has 1 fully saturated rings. The Hall–Kier alpha value is -4.13. The highest BCUT2D eigenvalue weighted by Crippen LogP contribution is 2.32. The minimum atomic E-state index is -4.33. The van der Waals surface area contributed by atoms with Crippen LogP contribution >= 0.6 is 0 Å². The smallest absolute Gasteiger partial charge is 0.280 e. The largest absolute Gasteiger partial charge is 0.355 e. The Labute approximate surface area is 201 Å². The number of rotatable bonds is 7. The van der Waals surface area contributed by atoms with Crippen LogP contribution in [0.2, 0.25) is 0 Å². The summed E-state index contributed by atoms with van der Waals surface area (Å²) in [5.74, 6) is 0.819. The first-order chi connectivity index (χ1) is 16.7. The number of piperidine rings is 1. The van der Waals surface area contributed by atoms with E-state index in [9.17, 15) is 28.6 Å². The molecule has 0 saturated carbocycles. The van der Waals surface area contributed by atoms with Crippen molar-refractivity contribution in [3.63, 3.8) is 0 Å². The summed E-state index contributed by atoms with van der Waals surface area (Å²) < 4.78 is 27.9. The van der Waals surface area contributed by atoms with Gasteiger partial charge < -0.3 is 4.90 Å². The standard InChI is InChI=1S/C22H22N6O6S/c1-15-20(27(29)30)13-18(14-21(15)28(31)32)35(33,34)25-17-7-5-16(6-8-17)19-9-10-22(24-23-19)26-11-3-2-4-12-26/h5-10,13-14,25H,2-4,11-12H2,1H3. The molecule has 0 atom stereocenters. The first-order valence-corrected chi connectivity index (χ1v) is 12.3. The first kappa shape index (κ1) is 24.0. The number of sulfonamides is 1. The van der Waals surface area contributed by atoms with Gasteiger partial charge in [-0.1, -0.05) is 12.1 Å². The van der Waals surface area contributed by atoms with E-state index < -0.39 is 36.1 Å². The van der Waals surface area contributed by atoms with E-state index in [-0.39, 0.29) is 11.3 Å². The third-order valence-corrected chi connectivity index (χ3v) is 7.15. The van der Waals surface area contributed by atoms with Crippen LogP contribution < -0.4 is 9.62 Å². The molecule has 0 unspecified atom stereocenters. The third-order valence-electron chi connectivity index (χ3n) is 5.79. The van der Waals surface area contributed by atoms with Crippen LogP contribution in [0.15, 0.2) is 53.4 Å². The molecule has 4 rings (SSSR count). The third kappa shape index (κ3) is 5.19. The molecule has 35 heavy (non-hydrogen) atoms. The highest BCUT2D eigenvalue weighted by molar-refractivity contribution is 7.92. The van der Waals surface area contributed by atoms with Crippen molar-refractivity contribution in [3.05, 3.63) is 74.3 Å². The summed E-state index contributed by atoms with van der Waals surface area (Å²) in [5, 5.41) is 31.1. The van der Waals surface area contributed by atoms with Crippen LogP contribution in [0.25, 0.3) is 11.3 Å². The van der Waals surface area contributed by atoms with E-state index in [0.29, 0.717) is 11.3 Å². The van der Waals surface area contributed by atoms with Gasteiger partial charge in [-0.2, -0.15) is 0 Å². The molecule has 0 spiro atoms. The number of nitrogens with zero attached hydrogens (tertiary/aromatic N) is 5. The fourth-order valence-electron chi connectivity index (χ4n) is 3.89. The summed E-state index contributed by atoms with van der Waals surface area (Å²) >= 11 is 0. The van der Waals surface area contributed by atoms with Gasteiger partial charge in [0.05, 0.1) is 15.5 Å². The molecule has 0 aliphatic carbocycles. The van der Waals surface area contributed by atoms with Crippen LogP contribution in [0.3, 0.4) is 0 Å². The van der Waals surface area contributed by atoms with Crippen LogP contribution in [0, 0.1) is 27.2 Å². The van der Waals surface area contributed by atoms with Crippen molar-refractivity contribution in [1.29, 1.82) is 0 Å². The second-order valence-electron chi connectivity index (χ2n) is 8.11. The lowest BCUT2D eigenvalue weighted by molar-refractivity contribution is -0.395. The van der Waals surface area contributed by atoms with Gasteiger partial charge in [-0.3, -0.25) is 25.0 Å². The van der Waals surface area contributed by atoms with Gasteiger partial charge in [0, 0.05) is 36.5 Å². The minimum absolute atomic E-state index is 0.178. The van der Waals surface area contributed by atoms with E-state index in [1.54, 1.807) is 12.1 Å². The Kier molecular flexibility index (Phi) is 6.60. The average molecular weight is 499 g/mol. The maximum absolute atomic E-state index is 12.8. The molecule has 3 aromatic rings. The topological polar surface area (TPSA) is 161 Å². The molecular formula is C22H22N6O6S. The molecule has 0 bridgehead atoms. The zero-order valence-electron chi connectivity index (χ0n) is 18.7. The SMILES string of the molecule is Cc1c([N+](=O)[O-])cc(S(=O)(=O)Nc2ccc(-c3ccc(N4CCCCC4)nn3)cc2)cc1[N+](=O)[O-]. The Balaban J connectivity index is 1.54. The highest BCUT2D eigenvalue weighted by Gasteiger charge is 2.28. The first-order valence-electron chi connectivity index (χ1n) is 10.8. The molecule has 2 aromatic carbocycles. The number of benzene rings is 2. The quantitative estimate of drug-likeness (QED) is 0.374. The van der Waals surface area contributed by atoms with E-state index in [4.69, 9.17) is 0 Å². The molecule has 0 radical (unpaired) electrons. The summed E-state index contributed by atoms with van der Waals surface area (Å²) in [6.45, 7) is 3.10. The molecule has 1 aromatic heterocycles. The van der Waals surface area contributed by atoms with Crippen molar-refractivity contribution < 1.29 is 18.3 Å². The molecule has 1 N–H and O–H groups in total. The lowest BCUT2D eigenvalue weighted by atomic mass is 10.1. The monoisotopic (exact) mass is 498 g/mol. The second kappa shape index (κ2) is 9.62. The lowest BCUT2D eigenvalue weighted by Gasteiger charge is -2.27. The zero-order chi connectivity index (χ0) is 25.2. The molecule has 2 heterocycles. The van der Waals surface area contributed by atoms with Gasteiger partial charge in [-0.15, -0.1) is 10.2 Å². The predicted molar refractivity (Wildman–Crippen MR) is 129 cm³/mol. The summed E-state index contributed by atoms with van der Waals surface area (Å²) in [6, 6.07) is 11.7. The van der Waals surface area contributed by atoms with Crippen LogP contribution in [-0.2, 0) is 10.0 Å². The summed E-state index contributed by atoms with van der Waals surface area (Å²) in [4.78, 5) is 22.4. The maximum Gasteiger partial charge on any atom is 0.280 e. The number of nitro groups is 2. The van der Waals surface area contributed by atoms with Gasteiger partial charge in [0.1, 0.15) is 10.5 Å². The molecular weight excluding hydrogens is 476 g/mol. The van der Waals surface area contributed by atoms with E-state index in [2.05, 4.69) is 19.8 Å². The van der Waals surface area contributed by atoms with Crippen LogP contribution in [0.5, 0.6) is 0 Å². The van der Waals surface area contributed by atoms with E-state index in [1.165, 1.54) is 25.5 Å². The second-order valence-corrected chi connectivity index (χ2v) is 9.79. The van der Waals surface area contributed by atoms with E-state index >= 15 is 0 Å².